The number of aliphatic hydroxyl groups excluding tert-OH is 1. The smallest absolute Gasteiger partial charge is 0.352 e. The van der Waals surface area contributed by atoms with Gasteiger partial charge in [0.1, 0.15) is 16.5 Å². The van der Waals surface area contributed by atoms with Crippen LogP contribution in [-0.2, 0) is 0 Å². The zero-order valence-corrected chi connectivity index (χ0v) is 18.2. The summed E-state index contributed by atoms with van der Waals surface area (Å²) in [6, 6.07) is -0.0646. The first-order valence-electron chi connectivity index (χ1n) is 9.75. The number of rotatable bonds is 8. The molecule has 1 atom stereocenters. The molecular weight excluding hydrogens is 435 g/mol. The molecule has 164 valence electrons. The highest BCUT2D eigenvalue weighted by Gasteiger charge is 2.31. The summed E-state index contributed by atoms with van der Waals surface area (Å²) < 4.78 is 7.35. The summed E-state index contributed by atoms with van der Waals surface area (Å²) in [5.41, 5.74) is 0.345. The summed E-state index contributed by atoms with van der Waals surface area (Å²) in [6.45, 7) is 3.79. The summed E-state index contributed by atoms with van der Waals surface area (Å²) in [4.78, 5) is 18.9. The van der Waals surface area contributed by atoms with E-state index >= 15 is 0 Å². The highest BCUT2D eigenvalue weighted by atomic mass is 35.5. The fourth-order valence-electron chi connectivity index (χ4n) is 3.53. The van der Waals surface area contributed by atoms with Crippen molar-refractivity contribution in [2.24, 2.45) is 0 Å². The van der Waals surface area contributed by atoms with Gasteiger partial charge in [0.05, 0.1) is 29.9 Å². The Kier molecular flexibility index (Phi) is 7.32. The van der Waals surface area contributed by atoms with Crippen LogP contribution < -0.4 is 10.1 Å². The average Bonchev–Trinajstić information content (AvgIpc) is 3.01. The third-order valence-corrected chi connectivity index (χ3v) is 5.63. The molecule has 0 radical (unpaired) electrons. The molecule has 1 saturated carbocycles. The number of hydrogen-bond acceptors (Lipinski definition) is 8. The standard InChI is InChI=1S/C18H24Cl2N6O4/c1-10(22-16-14(19)9-21-18(20)23-16)7-8-30-17-15(26(28)29)11(2)25(24-17)12-3-5-13(27)6-4-12/h9-10,12-13,27H,3-8H2,1-2H3,(H,21,22,23)/t10-,12?,13?/m1/s1. The SMILES string of the molecule is Cc1c([N+](=O)[O-])c(OCC[C@@H](C)Nc2nc(Cl)ncc2Cl)nn1C1CCC(O)CC1. The normalized spacial score (nSPS) is 20.0. The lowest BCUT2D eigenvalue weighted by Crippen LogP contribution is -2.22. The van der Waals surface area contributed by atoms with Crippen LogP contribution in [0.1, 0.15) is 50.8 Å². The summed E-state index contributed by atoms with van der Waals surface area (Å²) in [5.74, 6) is 0.425. The highest BCUT2D eigenvalue weighted by Crippen LogP contribution is 2.36. The van der Waals surface area contributed by atoms with E-state index in [0.717, 1.165) is 12.8 Å². The minimum Gasteiger partial charge on any atom is -0.472 e. The van der Waals surface area contributed by atoms with Crippen molar-refractivity contribution in [2.75, 3.05) is 11.9 Å². The van der Waals surface area contributed by atoms with Crippen molar-refractivity contribution in [3.05, 3.63) is 32.3 Å². The maximum absolute atomic E-state index is 11.6. The van der Waals surface area contributed by atoms with Crippen molar-refractivity contribution in [3.63, 3.8) is 0 Å². The maximum atomic E-state index is 11.6. The first-order valence-corrected chi connectivity index (χ1v) is 10.5. The Balaban J connectivity index is 1.63. The lowest BCUT2D eigenvalue weighted by molar-refractivity contribution is -0.386. The van der Waals surface area contributed by atoms with E-state index in [1.807, 2.05) is 6.92 Å². The third kappa shape index (κ3) is 5.30. The largest absolute Gasteiger partial charge is 0.472 e. The van der Waals surface area contributed by atoms with E-state index in [-0.39, 0.29) is 41.6 Å². The van der Waals surface area contributed by atoms with Crippen LogP contribution in [0.25, 0.3) is 0 Å². The predicted octanol–water partition coefficient (Wildman–Crippen LogP) is 3.94. The minimum atomic E-state index is -0.462. The molecule has 10 nitrogen and oxygen atoms in total. The van der Waals surface area contributed by atoms with Crippen LogP contribution in [-0.4, -0.2) is 48.5 Å². The van der Waals surface area contributed by atoms with E-state index in [1.165, 1.54) is 6.20 Å². The van der Waals surface area contributed by atoms with Crippen LogP contribution in [0.3, 0.4) is 0 Å². The second kappa shape index (κ2) is 9.76. The van der Waals surface area contributed by atoms with Crippen LogP contribution >= 0.6 is 23.2 Å². The maximum Gasteiger partial charge on any atom is 0.352 e. The van der Waals surface area contributed by atoms with Crippen molar-refractivity contribution < 1.29 is 14.8 Å². The van der Waals surface area contributed by atoms with Crippen molar-refractivity contribution in [2.45, 2.75) is 64.1 Å². The van der Waals surface area contributed by atoms with Gasteiger partial charge in [0.2, 0.25) is 5.28 Å². The molecule has 0 saturated heterocycles. The van der Waals surface area contributed by atoms with Gasteiger partial charge in [-0.1, -0.05) is 11.6 Å². The van der Waals surface area contributed by atoms with Gasteiger partial charge < -0.3 is 15.2 Å². The summed E-state index contributed by atoms with van der Waals surface area (Å²) in [7, 11) is 0. The van der Waals surface area contributed by atoms with Crippen LogP contribution in [0.2, 0.25) is 10.3 Å². The number of nitro groups is 1. The molecule has 0 aromatic carbocycles. The zero-order chi connectivity index (χ0) is 21.8. The van der Waals surface area contributed by atoms with E-state index in [0.29, 0.717) is 35.8 Å². The minimum absolute atomic E-state index is 0.0129. The van der Waals surface area contributed by atoms with Gasteiger partial charge in [0, 0.05) is 12.5 Å². The summed E-state index contributed by atoms with van der Waals surface area (Å²) >= 11 is 11.8. The van der Waals surface area contributed by atoms with Crippen molar-refractivity contribution in [1.29, 1.82) is 0 Å². The number of aliphatic hydroxyl groups is 1. The Labute approximate surface area is 183 Å². The fraction of sp³-hybridized carbons (Fsp3) is 0.611. The van der Waals surface area contributed by atoms with Crippen molar-refractivity contribution in [1.82, 2.24) is 19.7 Å². The first kappa shape index (κ1) is 22.5. The molecule has 3 rings (SSSR count). The number of hydrogen-bond donors (Lipinski definition) is 2. The fourth-order valence-corrected chi connectivity index (χ4v) is 3.81. The molecule has 2 aromatic rings. The number of nitrogens with one attached hydrogen (secondary N) is 1. The molecule has 0 bridgehead atoms. The molecule has 1 aliphatic carbocycles. The Hall–Kier alpha value is -2.17. The summed E-state index contributed by atoms with van der Waals surface area (Å²) in [5, 5.41) is 29.2. The molecular formula is C18H24Cl2N6O4. The molecule has 0 amide bonds. The number of nitrogens with zero attached hydrogens (tertiary/aromatic N) is 5. The molecule has 12 heteroatoms. The number of ether oxygens (including phenoxy) is 1. The van der Waals surface area contributed by atoms with E-state index in [9.17, 15) is 15.2 Å². The number of halogens is 2. The highest BCUT2D eigenvalue weighted by molar-refractivity contribution is 6.33. The topological polar surface area (TPSA) is 128 Å². The Morgan fingerprint density at radius 2 is 2.10 bits per heavy atom. The van der Waals surface area contributed by atoms with Crippen LogP contribution in [0.5, 0.6) is 5.88 Å². The van der Waals surface area contributed by atoms with Crippen LogP contribution in [0, 0.1) is 17.0 Å². The Morgan fingerprint density at radius 1 is 1.40 bits per heavy atom. The average molecular weight is 459 g/mol. The monoisotopic (exact) mass is 458 g/mol. The second-order valence-electron chi connectivity index (χ2n) is 7.42. The van der Waals surface area contributed by atoms with Gasteiger partial charge >= 0.3 is 11.6 Å². The van der Waals surface area contributed by atoms with Gasteiger partial charge in [-0.15, -0.1) is 5.10 Å². The van der Waals surface area contributed by atoms with Gasteiger partial charge in [-0.25, -0.2) is 4.98 Å². The molecule has 1 fully saturated rings. The van der Waals surface area contributed by atoms with Crippen LogP contribution in [0.4, 0.5) is 11.5 Å². The lowest BCUT2D eigenvalue weighted by atomic mass is 9.93. The number of aromatic nitrogens is 4. The first-order chi connectivity index (χ1) is 14.3. The molecule has 2 heterocycles. The van der Waals surface area contributed by atoms with Crippen molar-refractivity contribution >= 4 is 34.7 Å². The Bertz CT molecular complexity index is 901. The van der Waals surface area contributed by atoms with Gasteiger partial charge in [0.15, 0.2) is 0 Å². The predicted molar refractivity (Wildman–Crippen MR) is 112 cm³/mol. The quantitative estimate of drug-likeness (QED) is 0.345. The molecule has 0 aliphatic heterocycles. The molecule has 2 aromatic heterocycles. The molecule has 1 aliphatic rings. The van der Waals surface area contributed by atoms with Crippen LogP contribution in [0.15, 0.2) is 6.20 Å². The van der Waals surface area contributed by atoms with E-state index < -0.39 is 4.92 Å². The van der Waals surface area contributed by atoms with Gasteiger partial charge in [0.25, 0.3) is 0 Å². The van der Waals surface area contributed by atoms with E-state index in [2.05, 4.69) is 20.4 Å². The van der Waals surface area contributed by atoms with E-state index in [1.54, 1.807) is 11.6 Å². The Morgan fingerprint density at radius 3 is 2.77 bits per heavy atom. The summed E-state index contributed by atoms with van der Waals surface area (Å²) in [6.07, 6.45) is 4.39. The molecule has 0 spiro atoms. The molecule has 30 heavy (non-hydrogen) atoms. The van der Waals surface area contributed by atoms with Gasteiger partial charge in [-0.2, -0.15) is 4.98 Å². The molecule has 2 N–H and O–H groups in total. The van der Waals surface area contributed by atoms with Crippen molar-refractivity contribution in [3.8, 4) is 5.88 Å². The second-order valence-corrected chi connectivity index (χ2v) is 8.17. The van der Waals surface area contributed by atoms with Gasteiger partial charge in [-0.3, -0.25) is 14.8 Å². The van der Waals surface area contributed by atoms with Gasteiger partial charge in [-0.05, 0) is 51.1 Å². The zero-order valence-electron chi connectivity index (χ0n) is 16.7. The lowest BCUT2D eigenvalue weighted by Gasteiger charge is -2.26. The van der Waals surface area contributed by atoms with E-state index in [4.69, 9.17) is 27.9 Å². The molecule has 0 unspecified atom stereocenters. The number of anilines is 1. The third-order valence-electron chi connectivity index (χ3n) is 5.17.